The molecule has 1 aromatic carbocycles. The van der Waals surface area contributed by atoms with Crippen molar-refractivity contribution in [2.24, 2.45) is 0 Å². The molecule has 1 heterocycles. The predicted octanol–water partition coefficient (Wildman–Crippen LogP) is 2.14. The monoisotopic (exact) mass is 287 g/mol. The van der Waals surface area contributed by atoms with E-state index in [-0.39, 0.29) is 6.54 Å². The summed E-state index contributed by atoms with van der Waals surface area (Å²) in [6, 6.07) is 7.83. The molecule has 3 rings (SSSR count). The van der Waals surface area contributed by atoms with Gasteiger partial charge < -0.3 is 9.63 Å². The molecule has 0 unspecified atom stereocenters. The van der Waals surface area contributed by atoms with Gasteiger partial charge in [0.05, 0.1) is 6.54 Å². The van der Waals surface area contributed by atoms with E-state index >= 15 is 0 Å². The van der Waals surface area contributed by atoms with E-state index < -0.39 is 11.5 Å². The van der Waals surface area contributed by atoms with Crippen LogP contribution in [0.25, 0.3) is 11.4 Å². The van der Waals surface area contributed by atoms with Crippen molar-refractivity contribution in [2.45, 2.75) is 38.3 Å². The van der Waals surface area contributed by atoms with Gasteiger partial charge in [0, 0.05) is 5.56 Å². The summed E-state index contributed by atoms with van der Waals surface area (Å²) in [5.41, 5.74) is 1.23. The zero-order chi connectivity index (χ0) is 14.9. The van der Waals surface area contributed by atoms with Crippen molar-refractivity contribution in [3.63, 3.8) is 0 Å². The highest BCUT2D eigenvalue weighted by Crippen LogP contribution is 2.32. The topological polar surface area (TPSA) is 88.2 Å². The number of carbonyl (C=O) groups is 1. The molecule has 1 aliphatic carbocycles. The zero-order valence-corrected chi connectivity index (χ0v) is 11.8. The molecule has 0 radical (unpaired) electrons. The predicted molar refractivity (Wildman–Crippen MR) is 75.5 cm³/mol. The number of nitrogens with zero attached hydrogens (tertiary/aromatic N) is 2. The molecule has 0 spiro atoms. The Labute approximate surface area is 122 Å². The fraction of sp³-hybridized carbons (Fsp3) is 0.400. The molecule has 0 bridgehead atoms. The summed E-state index contributed by atoms with van der Waals surface area (Å²) in [7, 11) is 0. The van der Waals surface area contributed by atoms with Crippen LogP contribution >= 0.6 is 0 Å². The van der Waals surface area contributed by atoms with Gasteiger partial charge in [-0.1, -0.05) is 35.0 Å². The first kappa shape index (κ1) is 13.8. The maximum absolute atomic E-state index is 11.3. The Hall–Kier alpha value is -2.21. The van der Waals surface area contributed by atoms with Crippen molar-refractivity contribution >= 4 is 5.97 Å². The molecular formula is C15H17N3O3. The number of hydrogen-bond acceptors (Lipinski definition) is 5. The Balaban J connectivity index is 1.68. The lowest BCUT2D eigenvalue weighted by Crippen LogP contribution is -2.56. The third-order valence-corrected chi connectivity index (χ3v) is 3.97. The van der Waals surface area contributed by atoms with Gasteiger partial charge in [0.25, 0.3) is 0 Å². The van der Waals surface area contributed by atoms with Crippen molar-refractivity contribution in [3.8, 4) is 11.4 Å². The SMILES string of the molecule is Cc1ccc(-c2noc(CNC3(C(=O)O)CCC3)n2)cc1. The Morgan fingerprint density at radius 2 is 2.10 bits per heavy atom. The number of aromatic nitrogens is 2. The largest absolute Gasteiger partial charge is 0.480 e. The van der Waals surface area contributed by atoms with Crippen molar-refractivity contribution < 1.29 is 14.4 Å². The van der Waals surface area contributed by atoms with Crippen LogP contribution in [0.3, 0.4) is 0 Å². The lowest BCUT2D eigenvalue weighted by atomic mass is 9.77. The molecule has 21 heavy (non-hydrogen) atoms. The summed E-state index contributed by atoms with van der Waals surface area (Å²) < 4.78 is 5.18. The van der Waals surface area contributed by atoms with Crippen LogP contribution in [0.1, 0.15) is 30.7 Å². The van der Waals surface area contributed by atoms with Crippen LogP contribution < -0.4 is 5.32 Å². The fourth-order valence-electron chi connectivity index (χ4n) is 2.39. The van der Waals surface area contributed by atoms with Crippen molar-refractivity contribution in [1.82, 2.24) is 15.5 Å². The Bertz CT molecular complexity index is 644. The highest BCUT2D eigenvalue weighted by molar-refractivity contribution is 5.79. The van der Waals surface area contributed by atoms with Gasteiger partial charge in [-0.05, 0) is 26.2 Å². The minimum absolute atomic E-state index is 0.269. The smallest absolute Gasteiger partial charge is 0.323 e. The summed E-state index contributed by atoms with van der Waals surface area (Å²) in [6.07, 6.45) is 2.21. The molecule has 2 N–H and O–H groups in total. The number of aliphatic carboxylic acids is 1. The minimum Gasteiger partial charge on any atom is -0.480 e. The number of benzene rings is 1. The van der Waals surface area contributed by atoms with E-state index in [1.165, 1.54) is 0 Å². The molecule has 0 aliphatic heterocycles. The lowest BCUT2D eigenvalue weighted by Gasteiger charge is -2.38. The van der Waals surface area contributed by atoms with Crippen LogP contribution in [0, 0.1) is 6.92 Å². The molecule has 110 valence electrons. The van der Waals surface area contributed by atoms with E-state index in [1.54, 1.807) is 0 Å². The van der Waals surface area contributed by atoms with E-state index in [1.807, 2.05) is 31.2 Å². The van der Waals surface area contributed by atoms with Crippen LogP contribution in [0.5, 0.6) is 0 Å². The van der Waals surface area contributed by atoms with Gasteiger partial charge in [0.15, 0.2) is 0 Å². The molecule has 2 aromatic rings. The normalized spacial score (nSPS) is 16.4. The summed E-state index contributed by atoms with van der Waals surface area (Å²) >= 11 is 0. The lowest BCUT2D eigenvalue weighted by molar-refractivity contribution is -0.149. The second-order valence-electron chi connectivity index (χ2n) is 5.47. The second kappa shape index (κ2) is 5.29. The first-order valence-corrected chi connectivity index (χ1v) is 6.97. The van der Waals surface area contributed by atoms with Crippen molar-refractivity contribution in [1.29, 1.82) is 0 Å². The summed E-state index contributed by atoms with van der Waals surface area (Å²) in [5.74, 6) is 0.106. The van der Waals surface area contributed by atoms with E-state index in [2.05, 4.69) is 15.5 Å². The Morgan fingerprint density at radius 1 is 1.38 bits per heavy atom. The quantitative estimate of drug-likeness (QED) is 0.876. The number of hydrogen-bond donors (Lipinski definition) is 2. The van der Waals surface area contributed by atoms with Gasteiger partial charge in [0.1, 0.15) is 5.54 Å². The number of carboxylic acids is 1. The van der Waals surface area contributed by atoms with Gasteiger partial charge in [-0.15, -0.1) is 0 Å². The molecule has 0 atom stereocenters. The maximum Gasteiger partial charge on any atom is 0.323 e. The highest BCUT2D eigenvalue weighted by atomic mass is 16.5. The van der Waals surface area contributed by atoms with Gasteiger partial charge in [-0.25, -0.2) is 0 Å². The van der Waals surface area contributed by atoms with E-state index in [0.29, 0.717) is 24.6 Å². The number of aryl methyl sites for hydroxylation is 1. The molecule has 1 fully saturated rings. The summed E-state index contributed by atoms with van der Waals surface area (Å²) in [4.78, 5) is 15.6. The van der Waals surface area contributed by atoms with Gasteiger partial charge in [0.2, 0.25) is 11.7 Å². The Kier molecular flexibility index (Phi) is 3.47. The zero-order valence-electron chi connectivity index (χ0n) is 11.8. The molecule has 1 aliphatic rings. The average molecular weight is 287 g/mol. The van der Waals surface area contributed by atoms with Crippen molar-refractivity contribution in [3.05, 3.63) is 35.7 Å². The van der Waals surface area contributed by atoms with Crippen LogP contribution in [0.4, 0.5) is 0 Å². The first-order chi connectivity index (χ1) is 10.1. The summed E-state index contributed by atoms with van der Waals surface area (Å²) in [6.45, 7) is 2.28. The molecule has 0 amide bonds. The number of nitrogens with one attached hydrogen (secondary N) is 1. The average Bonchev–Trinajstić information content (AvgIpc) is 2.87. The highest BCUT2D eigenvalue weighted by Gasteiger charge is 2.44. The Morgan fingerprint density at radius 3 is 2.67 bits per heavy atom. The summed E-state index contributed by atoms with van der Waals surface area (Å²) in [5, 5.41) is 16.2. The van der Waals surface area contributed by atoms with Crippen LogP contribution in [0.2, 0.25) is 0 Å². The second-order valence-corrected chi connectivity index (χ2v) is 5.47. The molecule has 1 saturated carbocycles. The van der Waals surface area contributed by atoms with Crippen molar-refractivity contribution in [2.75, 3.05) is 0 Å². The van der Waals surface area contributed by atoms with Crippen LogP contribution in [0.15, 0.2) is 28.8 Å². The van der Waals surface area contributed by atoms with Gasteiger partial charge in [-0.3, -0.25) is 10.1 Å². The molecule has 1 aromatic heterocycles. The fourth-order valence-corrected chi connectivity index (χ4v) is 2.39. The van der Waals surface area contributed by atoms with E-state index in [0.717, 1.165) is 17.5 Å². The minimum atomic E-state index is -0.821. The number of carboxylic acid groups (broad SMARTS) is 1. The van der Waals surface area contributed by atoms with E-state index in [9.17, 15) is 9.90 Å². The first-order valence-electron chi connectivity index (χ1n) is 6.97. The standard InChI is InChI=1S/C15H17N3O3/c1-10-3-5-11(6-4-10)13-17-12(21-18-13)9-16-15(14(19)20)7-2-8-15/h3-6,16H,2,7-9H2,1H3,(H,19,20). The van der Waals surface area contributed by atoms with Crippen LogP contribution in [-0.2, 0) is 11.3 Å². The third kappa shape index (κ3) is 2.67. The molecule has 6 heteroatoms. The third-order valence-electron chi connectivity index (χ3n) is 3.97. The van der Waals surface area contributed by atoms with Gasteiger partial charge in [-0.2, -0.15) is 4.98 Å². The number of rotatable bonds is 5. The maximum atomic E-state index is 11.3. The van der Waals surface area contributed by atoms with Crippen LogP contribution in [-0.4, -0.2) is 26.8 Å². The van der Waals surface area contributed by atoms with Gasteiger partial charge >= 0.3 is 5.97 Å². The molecule has 0 saturated heterocycles. The molecule has 6 nitrogen and oxygen atoms in total. The van der Waals surface area contributed by atoms with E-state index in [4.69, 9.17) is 4.52 Å². The molecular weight excluding hydrogens is 270 g/mol.